The van der Waals surface area contributed by atoms with Crippen molar-refractivity contribution >= 4 is 5.91 Å². The molecule has 0 atom stereocenters. The van der Waals surface area contributed by atoms with Gasteiger partial charge >= 0.3 is 0 Å². The fourth-order valence-electron chi connectivity index (χ4n) is 1.94. The third-order valence-electron chi connectivity index (χ3n) is 3.07. The van der Waals surface area contributed by atoms with Gasteiger partial charge in [0.05, 0.1) is 25.2 Å². The van der Waals surface area contributed by atoms with E-state index in [1.54, 1.807) is 19.2 Å². The minimum Gasteiger partial charge on any atom is -0.497 e. The molecule has 1 N–H and O–H groups in total. The molecule has 0 bridgehead atoms. The molecule has 106 valence electrons. The number of amides is 1. The molecule has 2 aromatic rings. The summed E-state index contributed by atoms with van der Waals surface area (Å²) in [6.07, 6.45) is 0.321. The summed E-state index contributed by atoms with van der Waals surface area (Å²) in [5.74, 6) is 0.718. The smallest absolute Gasteiger partial charge is 0.224 e. The van der Waals surface area contributed by atoms with Crippen LogP contribution in [0.1, 0.15) is 16.7 Å². The monoisotopic (exact) mass is 280 g/mol. The zero-order valence-corrected chi connectivity index (χ0v) is 11.8. The number of hydrogen-bond donors (Lipinski definition) is 1. The maximum absolute atomic E-state index is 11.9. The van der Waals surface area contributed by atoms with Crippen LogP contribution in [-0.4, -0.2) is 13.0 Å². The highest BCUT2D eigenvalue weighted by atomic mass is 16.5. The van der Waals surface area contributed by atoms with Crippen molar-refractivity contribution in [3.63, 3.8) is 0 Å². The Balaban J connectivity index is 1.88. The predicted molar refractivity (Wildman–Crippen MR) is 79.7 cm³/mol. The molecule has 0 aromatic heterocycles. The third-order valence-corrected chi connectivity index (χ3v) is 3.07. The highest BCUT2D eigenvalue weighted by Gasteiger charge is 2.04. The van der Waals surface area contributed by atoms with Gasteiger partial charge in [0.2, 0.25) is 5.91 Å². The summed E-state index contributed by atoms with van der Waals surface area (Å²) in [5, 5.41) is 11.7. The molecule has 0 fully saturated rings. The number of nitriles is 1. The van der Waals surface area contributed by atoms with E-state index >= 15 is 0 Å². The molecule has 4 heteroatoms. The molecule has 4 nitrogen and oxygen atoms in total. The molecule has 0 aliphatic rings. The summed E-state index contributed by atoms with van der Waals surface area (Å²) in [7, 11) is 1.61. The Hall–Kier alpha value is -2.80. The fraction of sp³-hybridized carbons (Fsp3) is 0.176. The highest BCUT2D eigenvalue weighted by Crippen LogP contribution is 2.11. The molecule has 2 rings (SSSR count). The van der Waals surface area contributed by atoms with Crippen molar-refractivity contribution < 1.29 is 9.53 Å². The first-order valence-electron chi connectivity index (χ1n) is 6.60. The van der Waals surface area contributed by atoms with Gasteiger partial charge in [-0.3, -0.25) is 4.79 Å². The predicted octanol–water partition coefficient (Wildman–Crippen LogP) is 2.43. The minimum atomic E-state index is -0.0532. The molecule has 0 aliphatic heterocycles. The second kappa shape index (κ2) is 7.11. The van der Waals surface area contributed by atoms with Crippen molar-refractivity contribution in [1.82, 2.24) is 5.32 Å². The molecule has 0 radical (unpaired) electrons. The van der Waals surface area contributed by atoms with Gasteiger partial charge in [-0.05, 0) is 35.4 Å². The fourth-order valence-corrected chi connectivity index (χ4v) is 1.94. The zero-order valence-electron chi connectivity index (χ0n) is 11.8. The molecular weight excluding hydrogens is 264 g/mol. The Kier molecular flexibility index (Phi) is 4.94. The van der Waals surface area contributed by atoms with E-state index in [1.165, 1.54) is 0 Å². The lowest BCUT2D eigenvalue weighted by molar-refractivity contribution is -0.120. The van der Waals surface area contributed by atoms with Crippen molar-refractivity contribution in [3.05, 3.63) is 65.2 Å². The van der Waals surface area contributed by atoms with E-state index in [1.807, 2.05) is 36.4 Å². The number of benzene rings is 2. The summed E-state index contributed by atoms with van der Waals surface area (Å²) < 4.78 is 5.07. The van der Waals surface area contributed by atoms with Gasteiger partial charge in [0.15, 0.2) is 0 Å². The standard InChI is InChI=1S/C17H16N2O2/c1-21-16-7-5-13(6-8-16)10-17(20)19-12-15-4-2-3-14(9-15)11-18/h2-9H,10,12H2,1H3,(H,19,20). The first-order chi connectivity index (χ1) is 10.2. The summed E-state index contributed by atoms with van der Waals surface area (Å²) >= 11 is 0. The summed E-state index contributed by atoms with van der Waals surface area (Å²) in [4.78, 5) is 11.9. The Bertz CT molecular complexity index is 657. The maximum Gasteiger partial charge on any atom is 0.224 e. The Morgan fingerprint density at radius 3 is 2.62 bits per heavy atom. The topological polar surface area (TPSA) is 62.1 Å². The Morgan fingerprint density at radius 2 is 1.95 bits per heavy atom. The molecule has 0 spiro atoms. The lowest BCUT2D eigenvalue weighted by atomic mass is 10.1. The van der Waals surface area contributed by atoms with E-state index in [9.17, 15) is 4.79 Å². The first-order valence-corrected chi connectivity index (χ1v) is 6.60. The van der Waals surface area contributed by atoms with E-state index in [0.717, 1.165) is 16.9 Å². The van der Waals surface area contributed by atoms with Gasteiger partial charge in [0, 0.05) is 6.54 Å². The molecule has 21 heavy (non-hydrogen) atoms. The van der Waals surface area contributed by atoms with Gasteiger partial charge < -0.3 is 10.1 Å². The van der Waals surface area contributed by atoms with Gasteiger partial charge in [-0.2, -0.15) is 5.26 Å². The molecule has 0 saturated heterocycles. The van der Waals surface area contributed by atoms with Gasteiger partial charge in [0.25, 0.3) is 0 Å². The van der Waals surface area contributed by atoms with Crippen LogP contribution in [0, 0.1) is 11.3 Å². The second-order valence-corrected chi connectivity index (χ2v) is 4.61. The number of methoxy groups -OCH3 is 1. The number of rotatable bonds is 5. The van der Waals surface area contributed by atoms with Crippen LogP contribution in [0.25, 0.3) is 0 Å². The summed E-state index contributed by atoms with van der Waals surface area (Å²) in [6.45, 7) is 0.421. The zero-order chi connectivity index (χ0) is 15.1. The van der Waals surface area contributed by atoms with Crippen LogP contribution in [0.3, 0.4) is 0 Å². The summed E-state index contributed by atoms with van der Waals surface area (Å²) in [5.41, 5.74) is 2.44. The van der Waals surface area contributed by atoms with Gasteiger partial charge in [-0.15, -0.1) is 0 Å². The number of carbonyl (C=O) groups is 1. The molecule has 1 amide bonds. The van der Waals surface area contributed by atoms with Crippen molar-refractivity contribution in [3.8, 4) is 11.8 Å². The van der Waals surface area contributed by atoms with Crippen LogP contribution < -0.4 is 10.1 Å². The molecule has 0 heterocycles. The molecule has 0 saturated carbocycles. The van der Waals surface area contributed by atoms with E-state index in [4.69, 9.17) is 10.00 Å². The quantitative estimate of drug-likeness (QED) is 0.915. The van der Waals surface area contributed by atoms with Gasteiger partial charge in [0.1, 0.15) is 5.75 Å². The summed E-state index contributed by atoms with van der Waals surface area (Å²) in [6, 6.07) is 16.7. The number of carbonyl (C=O) groups excluding carboxylic acids is 1. The average molecular weight is 280 g/mol. The average Bonchev–Trinajstić information content (AvgIpc) is 2.54. The van der Waals surface area contributed by atoms with Gasteiger partial charge in [-0.1, -0.05) is 24.3 Å². The number of ether oxygens (including phenoxy) is 1. The van der Waals surface area contributed by atoms with Crippen molar-refractivity contribution in [2.24, 2.45) is 0 Å². The molecule has 2 aromatic carbocycles. The maximum atomic E-state index is 11.9. The Labute approximate surface area is 124 Å². The van der Waals surface area contributed by atoms with Crippen molar-refractivity contribution in [1.29, 1.82) is 5.26 Å². The van der Waals surface area contributed by atoms with Crippen LogP contribution in [0.2, 0.25) is 0 Å². The van der Waals surface area contributed by atoms with Crippen LogP contribution in [0.5, 0.6) is 5.75 Å². The number of nitrogens with zero attached hydrogens (tertiary/aromatic N) is 1. The second-order valence-electron chi connectivity index (χ2n) is 4.61. The third kappa shape index (κ3) is 4.36. The van der Waals surface area contributed by atoms with E-state index in [-0.39, 0.29) is 5.91 Å². The molecule has 0 aliphatic carbocycles. The number of nitrogens with one attached hydrogen (secondary N) is 1. The van der Waals surface area contributed by atoms with Crippen LogP contribution in [0.15, 0.2) is 48.5 Å². The van der Waals surface area contributed by atoms with Crippen LogP contribution in [0.4, 0.5) is 0 Å². The minimum absolute atomic E-state index is 0.0532. The lowest BCUT2D eigenvalue weighted by Crippen LogP contribution is -2.24. The molecule has 0 unspecified atom stereocenters. The van der Waals surface area contributed by atoms with Crippen LogP contribution >= 0.6 is 0 Å². The SMILES string of the molecule is COc1ccc(CC(=O)NCc2cccc(C#N)c2)cc1. The van der Waals surface area contributed by atoms with E-state index in [0.29, 0.717) is 18.5 Å². The van der Waals surface area contributed by atoms with Gasteiger partial charge in [-0.25, -0.2) is 0 Å². The number of hydrogen-bond acceptors (Lipinski definition) is 3. The Morgan fingerprint density at radius 1 is 1.19 bits per heavy atom. The van der Waals surface area contributed by atoms with Crippen molar-refractivity contribution in [2.75, 3.05) is 7.11 Å². The van der Waals surface area contributed by atoms with Crippen LogP contribution in [-0.2, 0) is 17.8 Å². The normalized spacial score (nSPS) is 9.71. The first kappa shape index (κ1) is 14.6. The molecular formula is C17H16N2O2. The largest absolute Gasteiger partial charge is 0.497 e. The van der Waals surface area contributed by atoms with Crippen molar-refractivity contribution in [2.45, 2.75) is 13.0 Å². The highest BCUT2D eigenvalue weighted by molar-refractivity contribution is 5.78. The van der Waals surface area contributed by atoms with E-state index < -0.39 is 0 Å². The van der Waals surface area contributed by atoms with E-state index in [2.05, 4.69) is 11.4 Å². The lowest BCUT2D eigenvalue weighted by Gasteiger charge is -2.06.